The molecule has 0 radical (unpaired) electrons. The van der Waals surface area contributed by atoms with Crippen molar-refractivity contribution in [3.8, 4) is 27.9 Å². The van der Waals surface area contributed by atoms with E-state index < -0.39 is 0 Å². The standard InChI is InChI=1S/C48H31BN2O.C42H28BN3.C42H30BN3/c1-3-14-35(15-4-1)50-42-23-10-8-21-40(42)49-41-22-9-11-24-43(41)51(36-16-5-2-6-17-36)45-31-34(30-44(50)47(45)49)32-26-28-33(29-27-32)37-19-13-20-39-38-18-7-12-25-46(38)52-48(37)39;1-3-15-29(16-4-1)44-38-25-13-9-21-34(38)43-35-22-10-14-26-39(35)45(30-17-5-2-6-18-30)41-28-31(27-40(44)42(41)43)46-36-23-11-7-19-32(36)33-20-8-12-24-37(33)46;1-5-17-31(18-6-1)44(32-19-7-2-8-20-32)35-29-40-42-41(30-35)46(34-23-11-4-12-24-34)39-28-16-14-26-37(39)43(42)36-25-13-15-27-38(36)45(40)33-21-9-3-10-22-33/h1-31H;1-28H;1-30H. The molecule has 0 N–H and O–H groups in total. The SMILES string of the molecule is c1ccc(N(c2ccccc2)c2cc3c4c(c2)N(c2ccccc2)c2ccccc2B4c2ccccc2N3c2ccccc2)cc1.c1ccc(N2c3ccccc3B3c4ccccc4N(c4ccccc4)c4cc(-c5ccc(-c6cccc7c6oc6ccccc67)cc5)cc2c43)cc1.c1ccc(N2c3ccccc3B3c4ccccc4N(c4ccccc4)c4cc(-n5c6ccccc6c6ccccc65)cc2c43)cc1. The van der Waals surface area contributed by atoms with Gasteiger partial charge in [0.1, 0.15) is 11.2 Å². The average Bonchev–Trinajstić information content (AvgIpc) is 0.781. The number of nitrogens with zero attached hydrogens (tertiary/aromatic N) is 8. The molecule has 144 heavy (non-hydrogen) atoms. The van der Waals surface area contributed by atoms with E-state index in [0.717, 1.165) is 95.5 Å². The van der Waals surface area contributed by atoms with E-state index in [-0.39, 0.29) is 20.1 Å². The van der Waals surface area contributed by atoms with Crippen LogP contribution in [0.3, 0.4) is 0 Å². The summed E-state index contributed by atoms with van der Waals surface area (Å²) in [5.41, 5.74) is 46.5. The minimum absolute atomic E-state index is 0.0910. The molecule has 672 valence electrons. The lowest BCUT2D eigenvalue weighted by molar-refractivity contribution is 0.670. The Morgan fingerprint density at radius 1 is 0.174 bits per heavy atom. The van der Waals surface area contributed by atoms with E-state index in [2.05, 4.69) is 567 Å². The highest BCUT2D eigenvalue weighted by atomic mass is 16.3. The molecule has 0 saturated heterocycles. The minimum atomic E-state index is 0.0910. The summed E-state index contributed by atoms with van der Waals surface area (Å²) in [6, 6.07) is 196. The lowest BCUT2D eigenvalue weighted by atomic mass is 9.33. The number of furan rings is 1. The molecule has 0 spiro atoms. The van der Waals surface area contributed by atoms with Crippen LogP contribution in [0.2, 0.25) is 0 Å². The third-order valence-corrected chi connectivity index (χ3v) is 29.8. The minimum Gasteiger partial charge on any atom is -0.455 e. The van der Waals surface area contributed by atoms with E-state index in [0.29, 0.717) is 0 Å². The van der Waals surface area contributed by atoms with Crippen LogP contribution in [0, 0.1) is 0 Å². The van der Waals surface area contributed by atoms with Crippen molar-refractivity contribution in [3.63, 3.8) is 0 Å². The zero-order valence-corrected chi connectivity index (χ0v) is 78.6. The highest BCUT2D eigenvalue weighted by molar-refractivity contribution is 7.02. The molecule has 2 aromatic heterocycles. The number of fused-ring (bicyclic) bond motifs is 18. The molecule has 9 nitrogen and oxygen atoms in total. The molecule has 24 aromatic rings. The Morgan fingerprint density at radius 3 is 0.778 bits per heavy atom. The Hall–Kier alpha value is -18.8. The predicted molar refractivity (Wildman–Crippen MR) is 609 cm³/mol. The summed E-state index contributed by atoms with van der Waals surface area (Å²) in [6.45, 7) is 0.288. The Labute approximate surface area is 837 Å². The molecule has 0 fully saturated rings. The number of rotatable bonds is 12. The number of hydrogen-bond donors (Lipinski definition) is 0. The molecule has 0 unspecified atom stereocenters. The van der Waals surface area contributed by atoms with Crippen molar-refractivity contribution in [1.29, 1.82) is 0 Å². The zero-order valence-electron chi connectivity index (χ0n) is 78.6. The lowest BCUT2D eigenvalue weighted by Crippen LogP contribution is -2.61. The lowest BCUT2D eigenvalue weighted by Gasteiger charge is -2.45. The molecule has 0 aliphatic carbocycles. The third kappa shape index (κ3) is 13.6. The van der Waals surface area contributed by atoms with E-state index >= 15 is 0 Å². The van der Waals surface area contributed by atoms with Crippen molar-refractivity contribution < 1.29 is 4.42 Å². The highest BCUT2D eigenvalue weighted by Gasteiger charge is 2.48. The Balaban J connectivity index is 0.000000105. The summed E-state index contributed by atoms with van der Waals surface area (Å²) in [5, 5.41) is 4.81. The molecule has 0 amide bonds. The molecule has 0 atom stereocenters. The number of anilines is 21. The number of para-hydroxylation sites is 18. The van der Waals surface area contributed by atoms with E-state index in [1.165, 1.54) is 145 Å². The van der Waals surface area contributed by atoms with Crippen molar-refractivity contribution in [2.45, 2.75) is 0 Å². The largest absolute Gasteiger partial charge is 0.455 e. The summed E-state index contributed by atoms with van der Waals surface area (Å²) in [5.74, 6) is 0. The molecule has 6 aliphatic heterocycles. The van der Waals surface area contributed by atoms with Gasteiger partial charge >= 0.3 is 0 Å². The molecular formula is C132H89B3N8O. The van der Waals surface area contributed by atoms with Gasteiger partial charge in [0.15, 0.2) is 0 Å². The molecule has 0 saturated carbocycles. The van der Waals surface area contributed by atoms with Gasteiger partial charge in [-0.3, -0.25) is 0 Å². The first-order valence-corrected chi connectivity index (χ1v) is 49.6. The van der Waals surface area contributed by atoms with Crippen molar-refractivity contribution in [1.82, 2.24) is 4.57 Å². The van der Waals surface area contributed by atoms with Crippen molar-refractivity contribution in [2.75, 3.05) is 34.3 Å². The number of hydrogen-bond acceptors (Lipinski definition) is 8. The van der Waals surface area contributed by atoms with E-state index in [4.69, 9.17) is 4.42 Å². The van der Waals surface area contributed by atoms with Gasteiger partial charge in [-0.15, -0.1) is 0 Å². The monoisotopic (exact) mass is 1830 g/mol. The first-order chi connectivity index (χ1) is 71.5. The van der Waals surface area contributed by atoms with Crippen LogP contribution in [0.1, 0.15) is 0 Å². The maximum atomic E-state index is 6.42. The topological polar surface area (TPSA) is 40.8 Å². The van der Waals surface area contributed by atoms with Gasteiger partial charge in [-0.2, -0.15) is 0 Å². The second-order valence-electron chi connectivity index (χ2n) is 37.6. The maximum absolute atomic E-state index is 6.42. The van der Waals surface area contributed by atoms with Gasteiger partial charge in [-0.1, -0.05) is 352 Å². The maximum Gasteiger partial charge on any atom is 0.252 e. The van der Waals surface area contributed by atoms with Crippen molar-refractivity contribution >= 4 is 232 Å². The molecule has 8 heterocycles. The molecule has 6 aliphatic rings. The fraction of sp³-hybridized carbons (Fsp3) is 0. The van der Waals surface area contributed by atoms with Crippen LogP contribution >= 0.6 is 0 Å². The fourth-order valence-corrected chi connectivity index (χ4v) is 23.8. The summed E-state index contributed by atoms with van der Waals surface area (Å²) in [4.78, 5) is 17.2. The van der Waals surface area contributed by atoms with Crippen LogP contribution in [0.5, 0.6) is 0 Å². The average molecular weight is 1840 g/mol. The quantitative estimate of drug-likeness (QED) is 0.112. The summed E-state index contributed by atoms with van der Waals surface area (Å²) >= 11 is 0. The Morgan fingerprint density at radius 2 is 0.438 bits per heavy atom. The van der Waals surface area contributed by atoms with Gasteiger partial charge in [0.25, 0.3) is 20.1 Å². The molecule has 12 heteroatoms. The first kappa shape index (κ1) is 83.4. The van der Waals surface area contributed by atoms with Gasteiger partial charge in [0.05, 0.1) is 22.4 Å². The summed E-state index contributed by atoms with van der Waals surface area (Å²) < 4.78 is 8.86. The van der Waals surface area contributed by atoms with Crippen LogP contribution in [-0.4, -0.2) is 24.7 Å². The summed E-state index contributed by atoms with van der Waals surface area (Å²) in [6.07, 6.45) is 0. The van der Waals surface area contributed by atoms with Gasteiger partial charge in [-0.05, 0) is 254 Å². The molecule has 22 aromatic carbocycles. The third-order valence-electron chi connectivity index (χ3n) is 29.8. The highest BCUT2D eigenvalue weighted by Crippen LogP contribution is 2.53. The van der Waals surface area contributed by atoms with Crippen LogP contribution in [0.15, 0.2) is 544 Å². The summed E-state index contributed by atoms with van der Waals surface area (Å²) in [7, 11) is 0. The smallest absolute Gasteiger partial charge is 0.252 e. The van der Waals surface area contributed by atoms with E-state index in [1.807, 2.05) is 12.1 Å². The number of benzene rings is 22. The van der Waals surface area contributed by atoms with E-state index in [1.54, 1.807) is 0 Å². The van der Waals surface area contributed by atoms with Crippen LogP contribution in [0.25, 0.3) is 71.7 Å². The van der Waals surface area contributed by atoms with Crippen LogP contribution < -0.4 is 83.5 Å². The van der Waals surface area contributed by atoms with Crippen LogP contribution in [-0.2, 0) is 0 Å². The molecule has 0 bridgehead atoms. The second-order valence-corrected chi connectivity index (χ2v) is 37.6. The van der Waals surface area contributed by atoms with Gasteiger partial charge < -0.3 is 43.3 Å². The Bertz CT molecular complexity index is 8660. The van der Waals surface area contributed by atoms with Gasteiger partial charge in [0, 0.05) is 141 Å². The second kappa shape index (κ2) is 34.7. The predicted octanol–water partition coefficient (Wildman–Crippen LogP) is 29.1. The normalized spacial score (nSPS) is 12.9. The van der Waals surface area contributed by atoms with Crippen molar-refractivity contribution in [2.24, 2.45) is 0 Å². The first-order valence-electron chi connectivity index (χ1n) is 49.6. The van der Waals surface area contributed by atoms with Gasteiger partial charge in [0.2, 0.25) is 0 Å². The molecular weight excluding hydrogens is 1750 g/mol. The Kier molecular flexibility index (Phi) is 20.1. The van der Waals surface area contributed by atoms with Crippen molar-refractivity contribution in [3.05, 3.63) is 540 Å². The van der Waals surface area contributed by atoms with Gasteiger partial charge in [-0.25, -0.2) is 0 Å². The number of aromatic nitrogens is 1. The zero-order chi connectivity index (χ0) is 94.8. The fourth-order valence-electron chi connectivity index (χ4n) is 23.8. The van der Waals surface area contributed by atoms with Crippen LogP contribution in [0.4, 0.5) is 119 Å². The molecule has 30 rings (SSSR count). The van der Waals surface area contributed by atoms with E-state index in [9.17, 15) is 0 Å².